The lowest BCUT2D eigenvalue weighted by molar-refractivity contribution is 0.0945. The molecule has 0 aromatic heterocycles. The van der Waals surface area contributed by atoms with E-state index in [2.05, 4.69) is 24.5 Å². The first-order valence-corrected chi connectivity index (χ1v) is 8.29. The van der Waals surface area contributed by atoms with Crippen LogP contribution >= 0.6 is 24.2 Å². The number of thioether (sulfide) groups is 1. The van der Waals surface area contributed by atoms with E-state index in [1.807, 2.05) is 36.0 Å². The van der Waals surface area contributed by atoms with Crippen LogP contribution in [0.25, 0.3) is 0 Å². The summed E-state index contributed by atoms with van der Waals surface area (Å²) in [5, 5.41) is 6.98. The first-order chi connectivity index (χ1) is 9.65. The molecule has 1 aromatic carbocycles. The molecule has 2 rings (SSSR count). The number of hydrogen-bond acceptors (Lipinski definition) is 3. The molecule has 1 aliphatic heterocycles. The molecular formula is C16H25ClN2OS. The third-order valence-corrected chi connectivity index (χ3v) is 4.45. The SMILES string of the molecule is CC(C)Sc1ccc(C(=O)NCC2CCCNC2)cc1.Cl. The Bertz CT molecular complexity index is 430. The zero-order valence-corrected chi connectivity index (χ0v) is 14.4. The van der Waals surface area contributed by atoms with E-state index in [0.717, 1.165) is 25.2 Å². The van der Waals surface area contributed by atoms with Crippen molar-refractivity contribution in [2.45, 2.75) is 36.8 Å². The highest BCUT2D eigenvalue weighted by atomic mass is 35.5. The van der Waals surface area contributed by atoms with Gasteiger partial charge < -0.3 is 10.6 Å². The van der Waals surface area contributed by atoms with Gasteiger partial charge in [-0.25, -0.2) is 0 Å². The summed E-state index contributed by atoms with van der Waals surface area (Å²) < 4.78 is 0. The molecule has 0 saturated carbocycles. The number of benzene rings is 1. The molecular weight excluding hydrogens is 304 g/mol. The molecule has 1 saturated heterocycles. The summed E-state index contributed by atoms with van der Waals surface area (Å²) >= 11 is 1.81. The smallest absolute Gasteiger partial charge is 0.251 e. The van der Waals surface area contributed by atoms with Crippen molar-refractivity contribution in [2.24, 2.45) is 5.92 Å². The Morgan fingerprint density at radius 3 is 2.67 bits per heavy atom. The Kier molecular flexibility index (Phi) is 8.15. The Morgan fingerprint density at radius 1 is 1.38 bits per heavy atom. The van der Waals surface area contributed by atoms with Gasteiger partial charge in [-0.1, -0.05) is 13.8 Å². The normalized spacial score (nSPS) is 18.1. The molecule has 118 valence electrons. The van der Waals surface area contributed by atoms with Crippen LogP contribution in [0.15, 0.2) is 29.2 Å². The predicted octanol–water partition coefficient (Wildman–Crippen LogP) is 3.34. The van der Waals surface area contributed by atoms with E-state index >= 15 is 0 Å². The standard InChI is InChI=1S/C16H24N2OS.ClH/c1-12(2)20-15-7-5-14(6-8-15)16(19)18-11-13-4-3-9-17-10-13;/h5-8,12-13,17H,3-4,9-11H2,1-2H3,(H,18,19);1H. The van der Waals surface area contributed by atoms with Crippen LogP contribution in [-0.2, 0) is 0 Å². The first kappa shape index (κ1) is 18.3. The lowest BCUT2D eigenvalue weighted by Gasteiger charge is -2.22. The van der Waals surface area contributed by atoms with Crippen molar-refractivity contribution in [3.8, 4) is 0 Å². The summed E-state index contributed by atoms with van der Waals surface area (Å²) in [5.41, 5.74) is 0.752. The van der Waals surface area contributed by atoms with Crippen LogP contribution in [0.5, 0.6) is 0 Å². The molecule has 1 heterocycles. The Balaban J connectivity index is 0.00000220. The van der Waals surface area contributed by atoms with Gasteiger partial charge in [0.05, 0.1) is 0 Å². The van der Waals surface area contributed by atoms with Crippen molar-refractivity contribution in [3.05, 3.63) is 29.8 Å². The Morgan fingerprint density at radius 2 is 2.10 bits per heavy atom. The Labute approximate surface area is 138 Å². The summed E-state index contributed by atoms with van der Waals surface area (Å²) in [4.78, 5) is 13.3. The summed E-state index contributed by atoms with van der Waals surface area (Å²) in [6, 6.07) is 7.89. The van der Waals surface area contributed by atoms with Gasteiger partial charge in [-0.05, 0) is 56.1 Å². The lowest BCUT2D eigenvalue weighted by Crippen LogP contribution is -2.38. The predicted molar refractivity (Wildman–Crippen MR) is 92.6 cm³/mol. The van der Waals surface area contributed by atoms with E-state index in [0.29, 0.717) is 11.2 Å². The molecule has 0 radical (unpaired) electrons. The lowest BCUT2D eigenvalue weighted by atomic mass is 10.00. The van der Waals surface area contributed by atoms with E-state index in [1.165, 1.54) is 17.7 Å². The highest BCUT2D eigenvalue weighted by Crippen LogP contribution is 2.22. The molecule has 21 heavy (non-hydrogen) atoms. The molecule has 5 heteroatoms. The van der Waals surface area contributed by atoms with Gasteiger partial charge in [0.15, 0.2) is 0 Å². The van der Waals surface area contributed by atoms with Crippen molar-refractivity contribution in [1.82, 2.24) is 10.6 Å². The van der Waals surface area contributed by atoms with Gasteiger partial charge in [-0.3, -0.25) is 4.79 Å². The zero-order chi connectivity index (χ0) is 14.4. The highest BCUT2D eigenvalue weighted by Gasteiger charge is 2.14. The minimum atomic E-state index is 0. The van der Waals surface area contributed by atoms with Crippen LogP contribution in [-0.4, -0.2) is 30.8 Å². The molecule has 1 fully saturated rings. The van der Waals surface area contributed by atoms with E-state index in [1.54, 1.807) is 0 Å². The topological polar surface area (TPSA) is 41.1 Å². The monoisotopic (exact) mass is 328 g/mol. The van der Waals surface area contributed by atoms with Crippen LogP contribution < -0.4 is 10.6 Å². The highest BCUT2D eigenvalue weighted by molar-refractivity contribution is 7.99. The number of rotatable bonds is 5. The largest absolute Gasteiger partial charge is 0.352 e. The minimum Gasteiger partial charge on any atom is -0.352 e. The third kappa shape index (κ3) is 6.29. The average Bonchev–Trinajstić information content (AvgIpc) is 2.46. The summed E-state index contributed by atoms with van der Waals surface area (Å²) in [6.07, 6.45) is 2.42. The fourth-order valence-electron chi connectivity index (χ4n) is 2.39. The fraction of sp³-hybridized carbons (Fsp3) is 0.562. The second-order valence-electron chi connectivity index (χ2n) is 5.61. The third-order valence-electron chi connectivity index (χ3n) is 3.44. The van der Waals surface area contributed by atoms with Gasteiger partial charge in [0.25, 0.3) is 5.91 Å². The van der Waals surface area contributed by atoms with Crippen LogP contribution in [0, 0.1) is 5.92 Å². The minimum absolute atomic E-state index is 0. The van der Waals surface area contributed by atoms with Crippen molar-refractivity contribution in [2.75, 3.05) is 19.6 Å². The van der Waals surface area contributed by atoms with E-state index < -0.39 is 0 Å². The van der Waals surface area contributed by atoms with Crippen molar-refractivity contribution in [1.29, 1.82) is 0 Å². The van der Waals surface area contributed by atoms with Gasteiger partial charge in [-0.2, -0.15) is 0 Å². The zero-order valence-electron chi connectivity index (χ0n) is 12.7. The maximum absolute atomic E-state index is 12.1. The number of hydrogen-bond donors (Lipinski definition) is 2. The van der Waals surface area contributed by atoms with Gasteiger partial charge in [0.2, 0.25) is 0 Å². The van der Waals surface area contributed by atoms with E-state index in [4.69, 9.17) is 0 Å². The van der Waals surface area contributed by atoms with Gasteiger partial charge in [0, 0.05) is 22.3 Å². The summed E-state index contributed by atoms with van der Waals surface area (Å²) in [6.45, 7) is 7.24. The molecule has 0 bridgehead atoms. The van der Waals surface area contributed by atoms with E-state index in [-0.39, 0.29) is 18.3 Å². The number of nitrogens with one attached hydrogen (secondary N) is 2. The first-order valence-electron chi connectivity index (χ1n) is 7.41. The maximum Gasteiger partial charge on any atom is 0.251 e. The molecule has 1 amide bonds. The molecule has 1 unspecified atom stereocenters. The van der Waals surface area contributed by atoms with Crippen molar-refractivity contribution >= 4 is 30.1 Å². The van der Waals surface area contributed by atoms with E-state index in [9.17, 15) is 4.79 Å². The van der Waals surface area contributed by atoms with Gasteiger partial charge in [0.1, 0.15) is 0 Å². The molecule has 1 atom stereocenters. The van der Waals surface area contributed by atoms with Crippen LogP contribution in [0.2, 0.25) is 0 Å². The molecule has 1 aliphatic rings. The summed E-state index contributed by atoms with van der Waals surface area (Å²) in [7, 11) is 0. The number of carbonyl (C=O) groups is 1. The fourth-order valence-corrected chi connectivity index (χ4v) is 3.23. The quantitative estimate of drug-likeness (QED) is 0.814. The number of halogens is 1. The molecule has 0 spiro atoms. The van der Waals surface area contributed by atoms with Crippen LogP contribution in [0.4, 0.5) is 0 Å². The van der Waals surface area contributed by atoms with Gasteiger partial charge in [-0.15, -0.1) is 24.2 Å². The van der Waals surface area contributed by atoms with Gasteiger partial charge >= 0.3 is 0 Å². The second-order valence-corrected chi connectivity index (χ2v) is 7.26. The molecule has 3 nitrogen and oxygen atoms in total. The Hall–Kier alpha value is -0.710. The second kappa shape index (κ2) is 9.34. The van der Waals surface area contributed by atoms with Crippen molar-refractivity contribution < 1.29 is 4.79 Å². The van der Waals surface area contributed by atoms with Crippen LogP contribution in [0.1, 0.15) is 37.0 Å². The molecule has 0 aliphatic carbocycles. The molecule has 1 aromatic rings. The van der Waals surface area contributed by atoms with Crippen LogP contribution in [0.3, 0.4) is 0 Å². The molecule has 2 N–H and O–H groups in total. The van der Waals surface area contributed by atoms with Crippen molar-refractivity contribution in [3.63, 3.8) is 0 Å². The number of piperidine rings is 1. The number of amides is 1. The number of carbonyl (C=O) groups excluding carboxylic acids is 1. The maximum atomic E-state index is 12.1. The average molecular weight is 329 g/mol. The summed E-state index contributed by atoms with van der Waals surface area (Å²) in [5.74, 6) is 0.611.